The number of carboxylic acids is 1. The molecular formula is C27H23N3O5. The Kier molecular flexibility index (Phi) is 7.07. The quantitative estimate of drug-likeness (QED) is 0.452. The maximum absolute atomic E-state index is 12.8. The van der Waals surface area contributed by atoms with Crippen molar-refractivity contribution < 1.29 is 24.2 Å². The lowest BCUT2D eigenvalue weighted by molar-refractivity contribution is -0.137. The number of rotatable bonds is 8. The number of carboxylic acid groups (broad SMARTS) is 1. The Labute approximate surface area is 202 Å². The molecule has 2 amide bonds. The third-order valence-electron chi connectivity index (χ3n) is 5.90. The summed E-state index contributed by atoms with van der Waals surface area (Å²) >= 11 is 0. The summed E-state index contributed by atoms with van der Waals surface area (Å²) in [6, 6.07) is 23.1. The van der Waals surface area contributed by atoms with Crippen LogP contribution in [-0.4, -0.2) is 35.7 Å². The Bertz CT molecular complexity index is 1270. The van der Waals surface area contributed by atoms with Crippen molar-refractivity contribution in [3.63, 3.8) is 0 Å². The number of nitrogens with one attached hydrogen (secondary N) is 2. The minimum absolute atomic E-state index is 0.0599. The van der Waals surface area contributed by atoms with Crippen LogP contribution in [-0.2, 0) is 14.3 Å². The molecule has 0 radical (unpaired) electrons. The number of para-hydroxylation sites is 1. The molecule has 0 fully saturated rings. The molecule has 0 bridgehead atoms. The first-order valence-corrected chi connectivity index (χ1v) is 11.1. The molecule has 1 aliphatic rings. The number of amides is 2. The van der Waals surface area contributed by atoms with Crippen molar-refractivity contribution in [1.82, 2.24) is 5.32 Å². The fraction of sp³-hybridized carbons (Fsp3) is 0.185. The van der Waals surface area contributed by atoms with Crippen molar-refractivity contribution >= 4 is 23.7 Å². The molecule has 0 saturated carbocycles. The first kappa shape index (κ1) is 23.5. The Morgan fingerprint density at radius 3 is 2.17 bits per heavy atom. The fourth-order valence-electron chi connectivity index (χ4n) is 4.23. The molecule has 1 unspecified atom stereocenters. The van der Waals surface area contributed by atoms with E-state index in [0.717, 1.165) is 22.3 Å². The standard InChI is InChI=1S/C27H23N3O5/c28-15-17-7-1-6-12-23(17)29-26(33)24(13-14-25(31)32)30-27(34)35-16-22-20-10-4-2-8-18(20)19-9-3-5-11-21(19)22/h1-12,22,24H,13-14,16H2,(H,29,33)(H,30,34)(H,31,32). The third-order valence-corrected chi connectivity index (χ3v) is 5.90. The molecule has 1 aliphatic carbocycles. The van der Waals surface area contributed by atoms with Crippen LogP contribution >= 0.6 is 0 Å². The largest absolute Gasteiger partial charge is 0.481 e. The third kappa shape index (κ3) is 5.31. The van der Waals surface area contributed by atoms with E-state index in [4.69, 9.17) is 9.84 Å². The Balaban J connectivity index is 1.44. The van der Waals surface area contributed by atoms with Crippen LogP contribution in [0.15, 0.2) is 72.8 Å². The predicted molar refractivity (Wildman–Crippen MR) is 129 cm³/mol. The van der Waals surface area contributed by atoms with E-state index < -0.39 is 24.0 Å². The number of ether oxygens (including phenoxy) is 1. The van der Waals surface area contributed by atoms with Crippen LogP contribution in [0.5, 0.6) is 0 Å². The van der Waals surface area contributed by atoms with Gasteiger partial charge in [-0.05, 0) is 40.8 Å². The maximum atomic E-state index is 12.8. The van der Waals surface area contributed by atoms with E-state index in [1.807, 2.05) is 54.6 Å². The number of anilines is 1. The first-order chi connectivity index (χ1) is 17.0. The van der Waals surface area contributed by atoms with Crippen LogP contribution in [0, 0.1) is 11.3 Å². The van der Waals surface area contributed by atoms with Gasteiger partial charge in [-0.2, -0.15) is 5.26 Å². The number of hydrogen-bond acceptors (Lipinski definition) is 5. The fourth-order valence-corrected chi connectivity index (χ4v) is 4.23. The summed E-state index contributed by atoms with van der Waals surface area (Å²) in [5, 5.41) is 23.4. The SMILES string of the molecule is N#Cc1ccccc1NC(=O)C(CCC(=O)O)NC(=O)OCC1c2ccccc2-c2ccccc21. The van der Waals surface area contributed by atoms with Gasteiger partial charge in [-0.1, -0.05) is 60.7 Å². The van der Waals surface area contributed by atoms with Crippen LogP contribution in [0.4, 0.5) is 10.5 Å². The van der Waals surface area contributed by atoms with Gasteiger partial charge in [0, 0.05) is 12.3 Å². The number of carbonyl (C=O) groups is 3. The number of alkyl carbamates (subject to hydrolysis) is 1. The highest BCUT2D eigenvalue weighted by Crippen LogP contribution is 2.44. The van der Waals surface area contributed by atoms with Gasteiger partial charge in [0.15, 0.2) is 0 Å². The van der Waals surface area contributed by atoms with E-state index >= 15 is 0 Å². The van der Waals surface area contributed by atoms with Crippen molar-refractivity contribution in [3.05, 3.63) is 89.5 Å². The number of benzene rings is 3. The van der Waals surface area contributed by atoms with Crippen molar-refractivity contribution in [2.75, 3.05) is 11.9 Å². The average Bonchev–Trinajstić information content (AvgIpc) is 3.19. The molecule has 8 nitrogen and oxygen atoms in total. The molecule has 3 aromatic rings. The molecule has 0 saturated heterocycles. The second-order valence-electron chi connectivity index (χ2n) is 8.10. The normalized spacial score (nSPS) is 12.5. The van der Waals surface area contributed by atoms with Crippen LogP contribution in [0.1, 0.15) is 35.4 Å². The summed E-state index contributed by atoms with van der Waals surface area (Å²) in [5.41, 5.74) is 4.80. The molecule has 8 heteroatoms. The van der Waals surface area contributed by atoms with Crippen molar-refractivity contribution in [3.8, 4) is 17.2 Å². The van der Waals surface area contributed by atoms with E-state index in [0.29, 0.717) is 0 Å². The molecule has 0 heterocycles. The van der Waals surface area contributed by atoms with E-state index in [1.165, 1.54) is 0 Å². The zero-order valence-electron chi connectivity index (χ0n) is 18.7. The van der Waals surface area contributed by atoms with Gasteiger partial charge in [0.1, 0.15) is 18.7 Å². The lowest BCUT2D eigenvalue weighted by Crippen LogP contribution is -2.44. The summed E-state index contributed by atoms with van der Waals surface area (Å²) in [7, 11) is 0. The van der Waals surface area contributed by atoms with E-state index in [-0.39, 0.29) is 36.6 Å². The molecule has 0 spiro atoms. The molecular weight excluding hydrogens is 446 g/mol. The predicted octanol–water partition coefficient (Wildman–Crippen LogP) is 4.27. The second-order valence-corrected chi connectivity index (χ2v) is 8.10. The van der Waals surface area contributed by atoms with Crippen LogP contribution in [0.25, 0.3) is 11.1 Å². The highest BCUT2D eigenvalue weighted by Gasteiger charge is 2.30. The molecule has 3 aromatic carbocycles. The number of nitrogens with zero attached hydrogens (tertiary/aromatic N) is 1. The second kappa shape index (κ2) is 10.5. The summed E-state index contributed by atoms with van der Waals surface area (Å²) in [4.78, 5) is 36.6. The number of hydrogen-bond donors (Lipinski definition) is 3. The lowest BCUT2D eigenvalue weighted by atomic mass is 9.98. The smallest absolute Gasteiger partial charge is 0.407 e. The number of nitriles is 1. The van der Waals surface area contributed by atoms with Gasteiger partial charge in [0.2, 0.25) is 5.91 Å². The minimum atomic E-state index is -1.16. The van der Waals surface area contributed by atoms with Gasteiger partial charge in [-0.3, -0.25) is 9.59 Å². The highest BCUT2D eigenvalue weighted by molar-refractivity contribution is 5.97. The van der Waals surface area contributed by atoms with Gasteiger partial charge >= 0.3 is 12.1 Å². The van der Waals surface area contributed by atoms with Crippen molar-refractivity contribution in [1.29, 1.82) is 5.26 Å². The molecule has 3 N–H and O–H groups in total. The lowest BCUT2D eigenvalue weighted by Gasteiger charge is -2.19. The molecule has 4 rings (SSSR count). The van der Waals surface area contributed by atoms with Gasteiger partial charge < -0.3 is 20.5 Å². The van der Waals surface area contributed by atoms with E-state index in [9.17, 15) is 19.6 Å². The van der Waals surface area contributed by atoms with Gasteiger partial charge in [-0.15, -0.1) is 0 Å². The molecule has 1 atom stereocenters. The summed E-state index contributed by atoms with van der Waals surface area (Å²) in [6.07, 6.45) is -1.30. The topological polar surface area (TPSA) is 129 Å². The molecule has 0 aliphatic heterocycles. The zero-order chi connectivity index (χ0) is 24.8. The van der Waals surface area contributed by atoms with Crippen LogP contribution in [0.3, 0.4) is 0 Å². The molecule has 176 valence electrons. The average molecular weight is 469 g/mol. The summed E-state index contributed by atoms with van der Waals surface area (Å²) in [5.74, 6) is -1.89. The number of fused-ring (bicyclic) bond motifs is 3. The maximum Gasteiger partial charge on any atom is 0.407 e. The monoisotopic (exact) mass is 469 g/mol. The van der Waals surface area contributed by atoms with Crippen LogP contribution in [0.2, 0.25) is 0 Å². The van der Waals surface area contributed by atoms with Crippen LogP contribution < -0.4 is 10.6 Å². The number of aliphatic carboxylic acids is 1. The highest BCUT2D eigenvalue weighted by atomic mass is 16.5. The van der Waals surface area contributed by atoms with Gasteiger partial charge in [0.05, 0.1) is 11.3 Å². The summed E-state index contributed by atoms with van der Waals surface area (Å²) < 4.78 is 5.49. The Morgan fingerprint density at radius 1 is 0.943 bits per heavy atom. The van der Waals surface area contributed by atoms with Gasteiger partial charge in [0.25, 0.3) is 0 Å². The van der Waals surface area contributed by atoms with E-state index in [1.54, 1.807) is 24.3 Å². The Morgan fingerprint density at radius 2 is 1.54 bits per heavy atom. The Hall–Kier alpha value is -4.64. The first-order valence-electron chi connectivity index (χ1n) is 11.1. The van der Waals surface area contributed by atoms with Crippen molar-refractivity contribution in [2.24, 2.45) is 0 Å². The number of carbonyl (C=O) groups excluding carboxylic acids is 2. The molecule has 35 heavy (non-hydrogen) atoms. The van der Waals surface area contributed by atoms with Crippen molar-refractivity contribution in [2.45, 2.75) is 24.8 Å². The van der Waals surface area contributed by atoms with E-state index in [2.05, 4.69) is 10.6 Å². The van der Waals surface area contributed by atoms with Gasteiger partial charge in [-0.25, -0.2) is 4.79 Å². The molecule has 0 aromatic heterocycles. The zero-order valence-corrected chi connectivity index (χ0v) is 18.7. The minimum Gasteiger partial charge on any atom is -0.481 e. The summed E-state index contributed by atoms with van der Waals surface area (Å²) in [6.45, 7) is 0.0599.